The van der Waals surface area contributed by atoms with Crippen LogP contribution >= 0.6 is 0 Å². The first-order valence-electron chi connectivity index (χ1n) is 7.77. The van der Waals surface area contributed by atoms with Gasteiger partial charge in [-0.3, -0.25) is 0 Å². The van der Waals surface area contributed by atoms with E-state index in [-0.39, 0.29) is 0 Å². The van der Waals surface area contributed by atoms with Gasteiger partial charge in [0.1, 0.15) is 0 Å². The number of anilines is 1. The van der Waals surface area contributed by atoms with Crippen LogP contribution in [0.15, 0.2) is 6.07 Å². The third-order valence-corrected chi connectivity index (χ3v) is 3.58. The fourth-order valence-electron chi connectivity index (χ4n) is 2.48. The lowest BCUT2D eigenvalue weighted by atomic mass is 9.94. The van der Waals surface area contributed by atoms with Gasteiger partial charge in [0, 0.05) is 24.3 Å². The molecule has 21 heavy (non-hydrogen) atoms. The Morgan fingerprint density at radius 2 is 2.05 bits per heavy atom. The van der Waals surface area contributed by atoms with Gasteiger partial charge in [-0.25, -0.2) is 4.98 Å². The van der Waals surface area contributed by atoms with E-state index in [1.165, 1.54) is 0 Å². The highest BCUT2D eigenvalue weighted by atomic mass is 16.5. The van der Waals surface area contributed by atoms with E-state index >= 15 is 0 Å². The number of hydrogen-bond donors (Lipinski definition) is 2. The first-order chi connectivity index (χ1) is 10.2. The molecule has 1 fully saturated rings. The Bertz CT molecular complexity index is 434. The van der Waals surface area contributed by atoms with Gasteiger partial charge in [-0.05, 0) is 39.5 Å². The number of nitrogens with zero attached hydrogens (tertiary/aromatic N) is 2. The minimum atomic E-state index is 0.351. The molecule has 0 atom stereocenters. The summed E-state index contributed by atoms with van der Waals surface area (Å²) < 4.78 is 11.3. The molecule has 118 valence electrons. The number of nitrogens with two attached hydrogens (primary N) is 1. The third-order valence-electron chi connectivity index (χ3n) is 3.58. The maximum absolute atomic E-state index is 5.88. The van der Waals surface area contributed by atoms with Gasteiger partial charge in [0.2, 0.25) is 11.8 Å². The lowest BCUT2D eigenvalue weighted by Gasteiger charge is -2.26. The molecule has 0 bridgehead atoms. The zero-order chi connectivity index (χ0) is 15.1. The van der Waals surface area contributed by atoms with Gasteiger partial charge in [0.15, 0.2) is 0 Å². The number of aryl methyl sites for hydroxylation is 1. The van der Waals surface area contributed by atoms with Crippen molar-refractivity contribution < 1.29 is 9.47 Å². The van der Waals surface area contributed by atoms with Crippen LogP contribution in [0.1, 0.15) is 38.3 Å². The Hall–Kier alpha value is -1.40. The molecule has 6 heteroatoms. The monoisotopic (exact) mass is 294 g/mol. The van der Waals surface area contributed by atoms with Gasteiger partial charge >= 0.3 is 0 Å². The van der Waals surface area contributed by atoms with Gasteiger partial charge in [-0.15, -0.1) is 0 Å². The lowest BCUT2D eigenvalue weighted by Crippen LogP contribution is -2.31. The van der Waals surface area contributed by atoms with E-state index in [1.54, 1.807) is 0 Å². The van der Waals surface area contributed by atoms with Crippen molar-refractivity contribution in [3.8, 4) is 5.88 Å². The predicted molar refractivity (Wildman–Crippen MR) is 82.6 cm³/mol. The SMILES string of the molecule is CCOc1cc(C)nc(NCCOC2CCC(N)CC2)n1. The number of rotatable bonds is 7. The molecule has 1 aliphatic carbocycles. The summed E-state index contributed by atoms with van der Waals surface area (Å²) in [5, 5.41) is 3.18. The second-order valence-corrected chi connectivity index (χ2v) is 5.44. The van der Waals surface area contributed by atoms with E-state index < -0.39 is 0 Å². The Labute approximate surface area is 126 Å². The van der Waals surface area contributed by atoms with Crippen LogP contribution < -0.4 is 15.8 Å². The van der Waals surface area contributed by atoms with Gasteiger partial charge < -0.3 is 20.5 Å². The van der Waals surface area contributed by atoms with E-state index in [0.29, 0.717) is 43.7 Å². The summed E-state index contributed by atoms with van der Waals surface area (Å²) in [5.74, 6) is 1.20. The zero-order valence-corrected chi connectivity index (χ0v) is 13.0. The Morgan fingerprint density at radius 1 is 1.29 bits per heavy atom. The van der Waals surface area contributed by atoms with Gasteiger partial charge in [0.25, 0.3) is 0 Å². The zero-order valence-electron chi connectivity index (χ0n) is 13.0. The molecule has 0 aromatic carbocycles. The summed E-state index contributed by atoms with van der Waals surface area (Å²) in [4.78, 5) is 8.64. The highest BCUT2D eigenvalue weighted by Crippen LogP contribution is 2.19. The average molecular weight is 294 g/mol. The number of ether oxygens (including phenoxy) is 2. The molecular formula is C15H26N4O2. The van der Waals surface area contributed by atoms with Gasteiger partial charge in [-0.1, -0.05) is 0 Å². The molecule has 0 spiro atoms. The highest BCUT2D eigenvalue weighted by molar-refractivity contribution is 5.30. The van der Waals surface area contributed by atoms with Crippen LogP contribution in [0.25, 0.3) is 0 Å². The Morgan fingerprint density at radius 3 is 2.76 bits per heavy atom. The van der Waals surface area contributed by atoms with Crippen LogP contribution in [-0.4, -0.2) is 41.9 Å². The molecular weight excluding hydrogens is 268 g/mol. The van der Waals surface area contributed by atoms with E-state index in [1.807, 2.05) is 19.9 Å². The molecule has 1 aliphatic rings. The van der Waals surface area contributed by atoms with Crippen molar-refractivity contribution in [1.29, 1.82) is 0 Å². The molecule has 3 N–H and O–H groups in total. The topological polar surface area (TPSA) is 82.3 Å². The third kappa shape index (κ3) is 5.47. The molecule has 6 nitrogen and oxygen atoms in total. The maximum atomic E-state index is 5.88. The van der Waals surface area contributed by atoms with Crippen molar-refractivity contribution in [2.75, 3.05) is 25.1 Å². The van der Waals surface area contributed by atoms with Crippen LogP contribution in [-0.2, 0) is 4.74 Å². The second-order valence-electron chi connectivity index (χ2n) is 5.44. The van der Waals surface area contributed by atoms with Crippen molar-refractivity contribution >= 4 is 5.95 Å². The van der Waals surface area contributed by atoms with Crippen molar-refractivity contribution in [3.63, 3.8) is 0 Å². The summed E-state index contributed by atoms with van der Waals surface area (Å²) in [6.45, 7) is 5.81. The van der Waals surface area contributed by atoms with Crippen molar-refractivity contribution in [2.45, 2.75) is 51.7 Å². The molecule has 1 saturated carbocycles. The molecule has 0 radical (unpaired) electrons. The maximum Gasteiger partial charge on any atom is 0.226 e. The van der Waals surface area contributed by atoms with E-state index in [4.69, 9.17) is 15.2 Å². The summed E-state index contributed by atoms with van der Waals surface area (Å²) >= 11 is 0. The van der Waals surface area contributed by atoms with Crippen molar-refractivity contribution in [3.05, 3.63) is 11.8 Å². The smallest absolute Gasteiger partial charge is 0.226 e. The van der Waals surface area contributed by atoms with E-state index in [2.05, 4.69) is 15.3 Å². The first-order valence-corrected chi connectivity index (χ1v) is 7.77. The average Bonchev–Trinajstić information content (AvgIpc) is 2.45. The minimum Gasteiger partial charge on any atom is -0.478 e. The van der Waals surface area contributed by atoms with Crippen LogP contribution in [0.4, 0.5) is 5.95 Å². The van der Waals surface area contributed by atoms with E-state index in [9.17, 15) is 0 Å². The fraction of sp³-hybridized carbons (Fsp3) is 0.733. The van der Waals surface area contributed by atoms with Crippen molar-refractivity contribution in [2.24, 2.45) is 5.73 Å². The van der Waals surface area contributed by atoms with Gasteiger partial charge in [-0.2, -0.15) is 4.98 Å². The summed E-state index contributed by atoms with van der Waals surface area (Å²) in [6, 6.07) is 2.19. The minimum absolute atomic E-state index is 0.351. The molecule has 0 aliphatic heterocycles. The Balaban J connectivity index is 1.70. The van der Waals surface area contributed by atoms with Crippen LogP contribution in [0.3, 0.4) is 0 Å². The lowest BCUT2D eigenvalue weighted by molar-refractivity contribution is 0.0312. The van der Waals surface area contributed by atoms with Gasteiger partial charge in [0.05, 0.1) is 19.3 Å². The van der Waals surface area contributed by atoms with Crippen molar-refractivity contribution in [1.82, 2.24) is 9.97 Å². The second kappa shape index (κ2) is 8.14. The molecule has 1 heterocycles. The largest absolute Gasteiger partial charge is 0.478 e. The number of hydrogen-bond acceptors (Lipinski definition) is 6. The van der Waals surface area contributed by atoms with Crippen LogP contribution in [0.5, 0.6) is 5.88 Å². The van der Waals surface area contributed by atoms with E-state index in [0.717, 1.165) is 31.4 Å². The molecule has 0 amide bonds. The summed E-state index contributed by atoms with van der Waals surface area (Å²) in [6.07, 6.45) is 4.62. The molecule has 2 rings (SSSR count). The predicted octanol–water partition coefficient (Wildman–Crippen LogP) is 1.88. The molecule has 1 aromatic heterocycles. The summed E-state index contributed by atoms with van der Waals surface area (Å²) in [7, 11) is 0. The first kappa shape index (κ1) is 16.0. The normalized spacial score (nSPS) is 22.0. The number of nitrogens with one attached hydrogen (secondary N) is 1. The molecule has 1 aromatic rings. The highest BCUT2D eigenvalue weighted by Gasteiger charge is 2.18. The Kier molecular flexibility index (Phi) is 6.20. The van der Waals surface area contributed by atoms with Crippen LogP contribution in [0, 0.1) is 6.92 Å². The molecule has 0 saturated heterocycles. The number of aromatic nitrogens is 2. The molecule has 0 unspecified atom stereocenters. The van der Waals surface area contributed by atoms with Crippen LogP contribution in [0.2, 0.25) is 0 Å². The standard InChI is InChI=1S/C15H26N4O2/c1-3-20-14-10-11(2)18-15(19-14)17-8-9-21-13-6-4-12(16)5-7-13/h10,12-13H,3-9,16H2,1-2H3,(H,17,18,19). The quantitative estimate of drug-likeness (QED) is 0.747. The summed E-state index contributed by atoms with van der Waals surface area (Å²) in [5.41, 5.74) is 6.77. The fourth-order valence-corrected chi connectivity index (χ4v) is 2.48.